The van der Waals surface area contributed by atoms with Crippen LogP contribution in [-0.4, -0.2) is 61.8 Å². The van der Waals surface area contributed by atoms with Crippen LogP contribution in [0.15, 0.2) is 24.3 Å². The number of primary amides is 1. The summed E-state index contributed by atoms with van der Waals surface area (Å²) in [6, 6.07) is 3.20. The van der Waals surface area contributed by atoms with Crippen molar-refractivity contribution in [1.82, 2.24) is 15.5 Å². The number of carbonyl (C=O) groups is 2. The quantitative estimate of drug-likeness (QED) is 0.601. The molecular formula is C15H21ClF3N5O2. The number of hydrogen-bond donors (Lipinski definition) is 4. The molecule has 1 saturated heterocycles. The molecule has 11 heteroatoms. The second kappa shape index (κ2) is 9.60. The fourth-order valence-electron chi connectivity index (χ4n) is 2.58. The molecule has 0 aliphatic carbocycles. The van der Waals surface area contributed by atoms with Gasteiger partial charge in [-0.2, -0.15) is 13.2 Å². The average molecular weight is 396 g/mol. The zero-order valence-electron chi connectivity index (χ0n) is 13.8. The van der Waals surface area contributed by atoms with E-state index in [1.165, 1.54) is 29.2 Å². The van der Waals surface area contributed by atoms with E-state index < -0.39 is 30.7 Å². The number of alkyl halides is 3. The van der Waals surface area contributed by atoms with Crippen LogP contribution in [0.2, 0.25) is 0 Å². The van der Waals surface area contributed by atoms with Crippen molar-refractivity contribution >= 4 is 30.0 Å². The highest BCUT2D eigenvalue weighted by atomic mass is 35.5. The van der Waals surface area contributed by atoms with Crippen LogP contribution in [0.5, 0.6) is 0 Å². The third-order valence-electron chi connectivity index (χ3n) is 3.84. The van der Waals surface area contributed by atoms with Crippen LogP contribution in [0.3, 0.4) is 0 Å². The van der Waals surface area contributed by atoms with Crippen molar-refractivity contribution in [2.24, 2.45) is 5.73 Å². The molecule has 1 aromatic carbocycles. The minimum absolute atomic E-state index is 0. The van der Waals surface area contributed by atoms with Gasteiger partial charge < -0.3 is 21.7 Å². The van der Waals surface area contributed by atoms with Crippen molar-refractivity contribution in [2.75, 3.05) is 38.0 Å². The Bertz CT molecular complexity index is 606. The van der Waals surface area contributed by atoms with Crippen LogP contribution in [0.1, 0.15) is 10.4 Å². The van der Waals surface area contributed by atoms with Gasteiger partial charge in [-0.3, -0.25) is 9.69 Å². The Kier molecular flexibility index (Phi) is 8.12. The molecule has 7 nitrogen and oxygen atoms in total. The summed E-state index contributed by atoms with van der Waals surface area (Å²) in [6.45, 7) is 0.981. The monoisotopic (exact) mass is 395 g/mol. The summed E-state index contributed by atoms with van der Waals surface area (Å²) in [5.41, 5.74) is 5.55. The predicted molar refractivity (Wildman–Crippen MR) is 93.5 cm³/mol. The van der Waals surface area contributed by atoms with Crippen LogP contribution < -0.4 is 21.7 Å². The van der Waals surface area contributed by atoms with Crippen molar-refractivity contribution < 1.29 is 22.8 Å². The van der Waals surface area contributed by atoms with Gasteiger partial charge in [-0.1, -0.05) is 0 Å². The third kappa shape index (κ3) is 6.36. The molecule has 0 aromatic heterocycles. The number of benzene rings is 1. The molecule has 1 fully saturated rings. The molecule has 0 radical (unpaired) electrons. The van der Waals surface area contributed by atoms with E-state index in [9.17, 15) is 22.8 Å². The van der Waals surface area contributed by atoms with E-state index >= 15 is 0 Å². The number of nitrogens with one attached hydrogen (secondary N) is 3. The summed E-state index contributed by atoms with van der Waals surface area (Å²) in [6.07, 6.45) is -4.43. The van der Waals surface area contributed by atoms with Gasteiger partial charge in [0, 0.05) is 44.0 Å². The number of piperazine rings is 1. The minimum Gasteiger partial charge on any atom is -0.351 e. The summed E-state index contributed by atoms with van der Waals surface area (Å²) in [7, 11) is 0. The van der Waals surface area contributed by atoms with Gasteiger partial charge in [-0.05, 0) is 24.3 Å². The Balaban J connectivity index is 0.00000338. The minimum atomic E-state index is -4.43. The number of nitrogens with zero attached hydrogens (tertiary/aromatic N) is 1. The first kappa shape index (κ1) is 22.0. The van der Waals surface area contributed by atoms with Gasteiger partial charge in [-0.15, -0.1) is 12.4 Å². The lowest BCUT2D eigenvalue weighted by Crippen LogP contribution is -2.57. The fourth-order valence-corrected chi connectivity index (χ4v) is 2.58. The Labute approximate surface area is 154 Å². The van der Waals surface area contributed by atoms with Crippen LogP contribution >= 0.6 is 12.4 Å². The van der Waals surface area contributed by atoms with Crippen molar-refractivity contribution in [3.8, 4) is 0 Å². The maximum absolute atomic E-state index is 13.3. The highest BCUT2D eigenvalue weighted by Crippen LogP contribution is 2.24. The molecule has 3 amide bonds. The van der Waals surface area contributed by atoms with Crippen molar-refractivity contribution in [2.45, 2.75) is 12.2 Å². The molecule has 1 heterocycles. The molecule has 146 valence electrons. The molecule has 1 aromatic rings. The summed E-state index contributed by atoms with van der Waals surface area (Å²) in [5, 5.41) is 7.66. The Morgan fingerprint density at radius 1 is 1.19 bits per heavy atom. The SMILES string of the molecule is Cl.NC(=O)Nc1ccc(C(=O)NCC(N2CCNCC2)C(F)(F)F)cc1. The molecular weight excluding hydrogens is 375 g/mol. The maximum atomic E-state index is 13.3. The number of rotatable bonds is 5. The fraction of sp³-hybridized carbons (Fsp3) is 0.467. The Hall–Kier alpha value is -2.04. The van der Waals surface area contributed by atoms with E-state index in [0.29, 0.717) is 18.8 Å². The first-order chi connectivity index (χ1) is 11.8. The molecule has 1 unspecified atom stereocenters. The summed E-state index contributed by atoms with van der Waals surface area (Å²) in [4.78, 5) is 24.1. The summed E-state index contributed by atoms with van der Waals surface area (Å²) in [5.74, 6) is -0.616. The van der Waals surface area contributed by atoms with Crippen LogP contribution in [0, 0.1) is 0 Å². The first-order valence-corrected chi connectivity index (χ1v) is 7.73. The van der Waals surface area contributed by atoms with Crippen LogP contribution in [0.4, 0.5) is 23.7 Å². The van der Waals surface area contributed by atoms with E-state index in [4.69, 9.17) is 5.73 Å². The Morgan fingerprint density at radius 2 is 1.77 bits per heavy atom. The number of amides is 3. The van der Waals surface area contributed by atoms with Crippen LogP contribution in [-0.2, 0) is 0 Å². The van der Waals surface area contributed by atoms with E-state index in [1.54, 1.807) is 0 Å². The molecule has 1 aliphatic heterocycles. The Morgan fingerprint density at radius 3 is 2.27 bits per heavy atom. The highest BCUT2D eigenvalue weighted by Gasteiger charge is 2.43. The van der Waals surface area contributed by atoms with Crippen molar-refractivity contribution in [3.05, 3.63) is 29.8 Å². The van der Waals surface area contributed by atoms with Gasteiger partial charge in [0.2, 0.25) is 0 Å². The summed E-state index contributed by atoms with van der Waals surface area (Å²) >= 11 is 0. The number of urea groups is 1. The van der Waals surface area contributed by atoms with E-state index in [0.717, 1.165) is 0 Å². The van der Waals surface area contributed by atoms with Crippen molar-refractivity contribution in [1.29, 1.82) is 0 Å². The number of halogens is 4. The second-order valence-electron chi connectivity index (χ2n) is 5.62. The van der Waals surface area contributed by atoms with E-state index in [2.05, 4.69) is 16.0 Å². The molecule has 26 heavy (non-hydrogen) atoms. The van der Waals surface area contributed by atoms with Gasteiger partial charge in [0.25, 0.3) is 5.91 Å². The van der Waals surface area contributed by atoms with Gasteiger partial charge >= 0.3 is 12.2 Å². The molecule has 0 saturated carbocycles. The zero-order valence-corrected chi connectivity index (χ0v) is 14.6. The van der Waals surface area contributed by atoms with Crippen LogP contribution in [0.25, 0.3) is 0 Å². The molecule has 2 rings (SSSR count). The van der Waals surface area contributed by atoms with Gasteiger partial charge in [0.15, 0.2) is 0 Å². The third-order valence-corrected chi connectivity index (χ3v) is 3.84. The first-order valence-electron chi connectivity index (χ1n) is 7.73. The van der Waals surface area contributed by atoms with Gasteiger partial charge in [0.1, 0.15) is 6.04 Å². The number of hydrogen-bond acceptors (Lipinski definition) is 4. The lowest BCUT2D eigenvalue weighted by atomic mass is 10.1. The number of anilines is 1. The molecule has 1 aliphatic rings. The predicted octanol–water partition coefficient (Wildman–Crippen LogP) is 1.16. The lowest BCUT2D eigenvalue weighted by Gasteiger charge is -2.35. The second-order valence-corrected chi connectivity index (χ2v) is 5.62. The van der Waals surface area contributed by atoms with Crippen molar-refractivity contribution in [3.63, 3.8) is 0 Å². The zero-order chi connectivity index (χ0) is 18.4. The van der Waals surface area contributed by atoms with E-state index in [1.807, 2.05) is 0 Å². The maximum Gasteiger partial charge on any atom is 0.405 e. The number of carbonyl (C=O) groups excluding carboxylic acids is 2. The average Bonchev–Trinajstić information content (AvgIpc) is 2.54. The lowest BCUT2D eigenvalue weighted by molar-refractivity contribution is -0.183. The normalized spacial score (nSPS) is 16.3. The number of nitrogens with two attached hydrogens (primary N) is 1. The largest absolute Gasteiger partial charge is 0.405 e. The molecule has 0 spiro atoms. The smallest absolute Gasteiger partial charge is 0.351 e. The van der Waals surface area contributed by atoms with Gasteiger partial charge in [-0.25, -0.2) is 4.79 Å². The van der Waals surface area contributed by atoms with Gasteiger partial charge in [0.05, 0.1) is 0 Å². The highest BCUT2D eigenvalue weighted by molar-refractivity contribution is 5.95. The topological polar surface area (TPSA) is 99.5 Å². The molecule has 5 N–H and O–H groups in total. The standard InChI is InChI=1S/C15H20F3N5O2.ClH/c16-15(17,18)12(23-7-5-20-6-8-23)9-21-13(24)10-1-3-11(4-2-10)22-14(19)25;/h1-4,12,20H,5-9H2,(H,21,24)(H3,19,22,25);1H. The van der Waals surface area contributed by atoms with E-state index in [-0.39, 0.29) is 31.1 Å². The molecule has 0 bridgehead atoms. The molecule has 1 atom stereocenters. The summed E-state index contributed by atoms with van der Waals surface area (Å²) < 4.78 is 39.8.